The Morgan fingerprint density at radius 2 is 1.72 bits per heavy atom. The van der Waals surface area contributed by atoms with Crippen LogP contribution >= 0.6 is 0 Å². The molecule has 0 aromatic rings. The number of aliphatic hydroxyl groups is 6. The molecule has 2 fully saturated rings. The van der Waals surface area contributed by atoms with E-state index in [0.29, 0.717) is 0 Å². The number of nitrogens with one attached hydrogen (secondary N) is 1. The van der Waals surface area contributed by atoms with Crippen molar-refractivity contribution in [1.82, 2.24) is 5.32 Å². The summed E-state index contributed by atoms with van der Waals surface area (Å²) in [5.74, 6) is -0.503. The van der Waals surface area contributed by atoms with Crippen molar-refractivity contribution in [3.8, 4) is 0 Å². The fourth-order valence-corrected chi connectivity index (χ4v) is 2.70. The predicted octanol–water partition coefficient (Wildman–Crippen LogP) is -4.41. The molecule has 0 spiro atoms. The average Bonchev–Trinajstić information content (AvgIpc) is 2.57. The molecule has 2 heterocycles. The number of rotatable bonds is 5. The summed E-state index contributed by atoms with van der Waals surface area (Å²) in [6.45, 7) is 1.25. The highest BCUT2D eigenvalue weighted by Gasteiger charge is 2.46. The minimum atomic E-state index is -1.46. The Balaban J connectivity index is 2.02. The second-order valence-electron chi connectivity index (χ2n) is 6.05. The number of ether oxygens (including phenoxy) is 3. The Labute approximate surface area is 143 Å². The van der Waals surface area contributed by atoms with Gasteiger partial charge in [0.1, 0.15) is 55.4 Å². The van der Waals surface area contributed by atoms with Crippen molar-refractivity contribution in [2.24, 2.45) is 0 Å². The van der Waals surface area contributed by atoms with E-state index in [9.17, 15) is 35.4 Å². The fraction of sp³-hybridized carbons (Fsp3) is 0.857. The van der Waals surface area contributed by atoms with Crippen LogP contribution in [0.5, 0.6) is 0 Å². The summed E-state index contributed by atoms with van der Waals surface area (Å²) in [7, 11) is 0. The highest BCUT2D eigenvalue weighted by atomic mass is 16.7. The number of aliphatic hydroxyl groups excluding tert-OH is 6. The zero-order valence-corrected chi connectivity index (χ0v) is 13.5. The molecule has 1 radical (unpaired) electrons. The van der Waals surface area contributed by atoms with Gasteiger partial charge in [-0.1, -0.05) is 0 Å². The first-order valence-electron chi connectivity index (χ1n) is 7.80. The molecule has 9 atom stereocenters. The quantitative estimate of drug-likeness (QED) is 0.251. The van der Waals surface area contributed by atoms with Crippen molar-refractivity contribution in [1.29, 1.82) is 0 Å². The topological polar surface area (TPSA) is 178 Å². The van der Waals surface area contributed by atoms with E-state index in [2.05, 4.69) is 5.32 Å². The summed E-state index contributed by atoms with van der Waals surface area (Å²) >= 11 is 0. The van der Waals surface area contributed by atoms with Gasteiger partial charge < -0.3 is 50.2 Å². The van der Waals surface area contributed by atoms with E-state index < -0.39 is 67.6 Å². The predicted molar refractivity (Wildman–Crippen MR) is 78.5 cm³/mol. The zero-order valence-electron chi connectivity index (χ0n) is 13.5. The van der Waals surface area contributed by atoms with Crippen LogP contribution in [0.15, 0.2) is 0 Å². The minimum Gasteiger partial charge on any atom is -0.394 e. The van der Waals surface area contributed by atoms with Gasteiger partial charge in [-0.25, -0.2) is 0 Å². The molecule has 2 aliphatic heterocycles. The molecule has 0 unspecified atom stereocenters. The van der Waals surface area contributed by atoms with Gasteiger partial charge in [-0.3, -0.25) is 4.79 Å². The van der Waals surface area contributed by atoms with E-state index in [1.165, 1.54) is 6.92 Å². The highest BCUT2D eigenvalue weighted by molar-refractivity contribution is 5.73. The lowest BCUT2D eigenvalue weighted by molar-refractivity contribution is -0.281. The molecule has 7 N–H and O–H groups in total. The van der Waals surface area contributed by atoms with Crippen LogP contribution in [0.4, 0.5) is 0 Å². The Hall–Kier alpha value is -0.890. The molecule has 0 aromatic carbocycles. The fourth-order valence-electron chi connectivity index (χ4n) is 2.70. The van der Waals surface area contributed by atoms with Crippen molar-refractivity contribution in [2.45, 2.75) is 62.0 Å². The Bertz CT molecular complexity index is 451. The molecule has 2 rings (SSSR count). The maximum absolute atomic E-state index is 11.3. The largest absolute Gasteiger partial charge is 0.394 e. The molecule has 0 bridgehead atoms. The Morgan fingerprint density at radius 1 is 1.08 bits per heavy atom. The van der Waals surface area contributed by atoms with Crippen LogP contribution in [0.1, 0.15) is 6.92 Å². The van der Waals surface area contributed by atoms with Crippen molar-refractivity contribution < 1.29 is 49.6 Å². The molecule has 11 heteroatoms. The van der Waals surface area contributed by atoms with Crippen LogP contribution in [0.25, 0.3) is 0 Å². The van der Waals surface area contributed by atoms with Crippen molar-refractivity contribution in [3.63, 3.8) is 0 Å². The molecule has 1 amide bonds. The first kappa shape index (κ1) is 20.4. The highest BCUT2D eigenvalue weighted by Crippen LogP contribution is 2.24. The average molecular weight is 366 g/mol. The number of hydrogen-bond acceptors (Lipinski definition) is 10. The number of amides is 1. The number of hydrogen-bond donors (Lipinski definition) is 7. The van der Waals surface area contributed by atoms with E-state index in [4.69, 9.17) is 14.2 Å². The molecule has 0 saturated carbocycles. The van der Waals surface area contributed by atoms with Crippen molar-refractivity contribution in [2.75, 3.05) is 13.2 Å². The molecule has 0 aromatic heterocycles. The van der Waals surface area contributed by atoms with E-state index in [0.717, 1.165) is 6.61 Å². The van der Waals surface area contributed by atoms with Gasteiger partial charge in [-0.2, -0.15) is 0 Å². The molecule has 2 aliphatic rings. The van der Waals surface area contributed by atoms with E-state index >= 15 is 0 Å². The van der Waals surface area contributed by atoms with Gasteiger partial charge in [-0.05, 0) is 0 Å². The summed E-state index contributed by atoms with van der Waals surface area (Å²) in [6, 6.07) is -1.13. The lowest BCUT2D eigenvalue weighted by atomic mass is 9.96. The van der Waals surface area contributed by atoms with Gasteiger partial charge in [0.25, 0.3) is 0 Å². The summed E-state index contributed by atoms with van der Waals surface area (Å²) in [5, 5.41) is 60.5. The van der Waals surface area contributed by atoms with Gasteiger partial charge in [0.2, 0.25) is 5.91 Å². The lowest BCUT2D eigenvalue weighted by Gasteiger charge is -2.43. The molecule has 2 saturated heterocycles. The monoisotopic (exact) mass is 366 g/mol. The number of carbonyl (C=O) groups is 1. The molecule has 145 valence electrons. The molecular weight excluding hydrogens is 342 g/mol. The van der Waals surface area contributed by atoms with Crippen LogP contribution in [0.2, 0.25) is 0 Å². The maximum atomic E-state index is 11.3. The summed E-state index contributed by atoms with van der Waals surface area (Å²) < 4.78 is 15.8. The summed E-state index contributed by atoms with van der Waals surface area (Å²) in [4.78, 5) is 11.3. The molecular formula is C14H24NO10. The third-order valence-electron chi connectivity index (χ3n) is 4.15. The lowest BCUT2D eigenvalue weighted by Crippen LogP contribution is -2.65. The van der Waals surface area contributed by atoms with Gasteiger partial charge in [-0.15, -0.1) is 0 Å². The van der Waals surface area contributed by atoms with Gasteiger partial charge in [0, 0.05) is 6.92 Å². The second kappa shape index (κ2) is 8.66. The van der Waals surface area contributed by atoms with Gasteiger partial charge in [0.05, 0.1) is 13.2 Å². The summed E-state index contributed by atoms with van der Waals surface area (Å²) in [6.07, 6.45) is -10.6. The van der Waals surface area contributed by atoms with E-state index in [-0.39, 0.29) is 6.61 Å². The van der Waals surface area contributed by atoms with E-state index in [1.807, 2.05) is 0 Å². The van der Waals surface area contributed by atoms with E-state index in [1.54, 1.807) is 0 Å². The van der Waals surface area contributed by atoms with Gasteiger partial charge >= 0.3 is 0 Å². The van der Waals surface area contributed by atoms with Crippen LogP contribution in [-0.4, -0.2) is 105 Å². The first-order valence-corrected chi connectivity index (χ1v) is 7.80. The Morgan fingerprint density at radius 3 is 2.32 bits per heavy atom. The maximum Gasteiger partial charge on any atom is 0.217 e. The normalized spacial score (nSPS) is 45.2. The van der Waals surface area contributed by atoms with Crippen molar-refractivity contribution in [3.05, 3.63) is 6.61 Å². The molecule has 25 heavy (non-hydrogen) atoms. The van der Waals surface area contributed by atoms with Gasteiger partial charge in [0.15, 0.2) is 6.29 Å². The molecule has 0 aliphatic carbocycles. The van der Waals surface area contributed by atoms with Crippen LogP contribution in [0, 0.1) is 6.61 Å². The number of carbonyl (C=O) groups excluding carboxylic acids is 1. The third-order valence-corrected chi connectivity index (χ3v) is 4.15. The second-order valence-corrected chi connectivity index (χ2v) is 6.05. The van der Waals surface area contributed by atoms with Crippen LogP contribution < -0.4 is 5.32 Å². The first-order chi connectivity index (χ1) is 11.8. The van der Waals surface area contributed by atoms with Crippen molar-refractivity contribution >= 4 is 5.91 Å². The smallest absolute Gasteiger partial charge is 0.217 e. The Kier molecular flexibility index (Phi) is 7.08. The SMILES string of the molecule is CC(=O)N[C@H]1[C@H](OC[C@H]2O[CH][C@H](O)[C@@H](O)[C@H]2O)O[C@H](CO)[C@@H](O)[C@@H]1O. The third kappa shape index (κ3) is 4.64. The molecule has 11 nitrogen and oxygen atoms in total. The minimum absolute atomic E-state index is 0.316. The standard InChI is InChI=1S/C14H24NO10/c1-5(17)15-9-13(22)11(20)7(2-16)25-14(9)24-4-8-12(21)10(19)6(18)3-23-8/h3,6-14,16,18-22H,2,4H2,1H3,(H,15,17)/t6-,7+,8+,9+,10+,11+,12-,13+,14+/m0/s1. The zero-order chi connectivity index (χ0) is 18.7. The summed E-state index contributed by atoms with van der Waals surface area (Å²) in [5.41, 5.74) is 0. The van der Waals surface area contributed by atoms with Crippen LogP contribution in [0.3, 0.4) is 0 Å². The van der Waals surface area contributed by atoms with Crippen LogP contribution in [-0.2, 0) is 19.0 Å².